The summed E-state index contributed by atoms with van der Waals surface area (Å²) in [6.45, 7) is 0.986. The van der Waals surface area contributed by atoms with Crippen molar-refractivity contribution >= 4 is 23.0 Å². The van der Waals surface area contributed by atoms with Crippen molar-refractivity contribution in [1.82, 2.24) is 0 Å². The highest BCUT2D eigenvalue weighted by Crippen LogP contribution is 2.30. The molecule has 5 rings (SSSR count). The summed E-state index contributed by atoms with van der Waals surface area (Å²) >= 11 is 0. The highest BCUT2D eigenvalue weighted by atomic mass is 16.7. The predicted octanol–water partition coefficient (Wildman–Crippen LogP) is -0.207. The predicted molar refractivity (Wildman–Crippen MR) is 149 cm³/mol. The van der Waals surface area contributed by atoms with Gasteiger partial charge in [0, 0.05) is 23.6 Å². The molecule has 0 bridgehead atoms. The molecule has 0 aliphatic carbocycles. The maximum Gasteiger partial charge on any atom is 0.336 e. The van der Waals surface area contributed by atoms with Crippen LogP contribution in [0.2, 0.25) is 0 Å². The van der Waals surface area contributed by atoms with Crippen molar-refractivity contribution < 1.29 is 63.5 Å². The molecule has 10 atom stereocenters. The van der Waals surface area contributed by atoms with E-state index in [1.807, 2.05) is 0 Å². The molecule has 0 radical (unpaired) electrons. The number of ether oxygens (including phenoxy) is 5. The van der Waals surface area contributed by atoms with Gasteiger partial charge in [0.25, 0.3) is 0 Å². The zero-order chi connectivity index (χ0) is 31.5. The third-order valence-electron chi connectivity index (χ3n) is 7.28. The van der Waals surface area contributed by atoms with Crippen molar-refractivity contribution in [3.05, 3.63) is 76.7 Å². The molecule has 14 heteroatoms. The number of phenols is 1. The molecule has 0 spiro atoms. The van der Waals surface area contributed by atoms with Gasteiger partial charge in [0.05, 0.1) is 12.7 Å². The van der Waals surface area contributed by atoms with Crippen LogP contribution in [0.15, 0.2) is 69.9 Å². The lowest BCUT2D eigenvalue weighted by Gasteiger charge is -2.43. The van der Waals surface area contributed by atoms with E-state index in [9.17, 15) is 40.2 Å². The average molecular weight is 617 g/mol. The number of carbonyl (C=O) groups excluding carboxylic acids is 1. The number of aliphatic hydroxyl groups is 5. The van der Waals surface area contributed by atoms with Gasteiger partial charge in [0.15, 0.2) is 12.4 Å². The lowest BCUT2D eigenvalue weighted by atomic mass is 9.98. The van der Waals surface area contributed by atoms with Crippen LogP contribution in [-0.2, 0) is 23.7 Å². The lowest BCUT2D eigenvalue weighted by Crippen LogP contribution is -2.62. The Labute approximate surface area is 249 Å². The van der Waals surface area contributed by atoms with Crippen LogP contribution in [0.4, 0.5) is 0 Å². The summed E-state index contributed by atoms with van der Waals surface area (Å²) in [4.78, 5) is 24.4. The zero-order valence-electron chi connectivity index (χ0n) is 23.3. The molecule has 2 fully saturated rings. The number of hydrogen-bond donors (Lipinski definition) is 6. The summed E-state index contributed by atoms with van der Waals surface area (Å²) < 4.78 is 33.4. The van der Waals surface area contributed by atoms with Crippen LogP contribution in [0.1, 0.15) is 12.5 Å². The van der Waals surface area contributed by atoms with E-state index in [1.54, 1.807) is 24.3 Å². The van der Waals surface area contributed by atoms with Crippen LogP contribution < -0.4 is 10.4 Å². The second-order valence-electron chi connectivity index (χ2n) is 10.4. The maximum absolute atomic E-state index is 12.7. The molecular weight excluding hydrogens is 584 g/mol. The molecule has 2 saturated heterocycles. The molecule has 14 nitrogen and oxygen atoms in total. The Morgan fingerprint density at radius 3 is 2.34 bits per heavy atom. The van der Waals surface area contributed by atoms with Gasteiger partial charge in [-0.1, -0.05) is 12.1 Å². The van der Waals surface area contributed by atoms with Crippen molar-refractivity contribution in [2.75, 3.05) is 6.61 Å². The number of phenolic OH excluding ortho intramolecular Hbond substituents is 1. The first kappa shape index (κ1) is 31.6. The van der Waals surface area contributed by atoms with Crippen LogP contribution in [0.25, 0.3) is 17.0 Å². The molecule has 2 aliphatic heterocycles. The Hall–Kier alpha value is -3.86. The molecule has 6 N–H and O–H groups in total. The number of carbonyl (C=O) groups is 1. The first-order chi connectivity index (χ1) is 21.0. The SMILES string of the molecule is C[C@@H]1O[C@@H](OC[C@H]2O[C@@H](Oc3ccc4ccc(=O)oc4c3)[C@H](OC(=O)/C=C/c3ccc(O)cc3)[C@@H](O)[C@@H]2O)[C@H](O)[C@H](O)[C@H]1O. The normalized spacial score (nSPS) is 32.5. The minimum Gasteiger partial charge on any atom is -0.508 e. The number of aromatic hydroxyl groups is 1. The van der Waals surface area contributed by atoms with Crippen molar-refractivity contribution in [3.8, 4) is 11.5 Å². The van der Waals surface area contributed by atoms with E-state index in [4.69, 9.17) is 28.1 Å². The summed E-state index contributed by atoms with van der Waals surface area (Å²) in [5.41, 5.74) is 0.169. The van der Waals surface area contributed by atoms with Gasteiger partial charge in [-0.2, -0.15) is 0 Å². The first-order valence-corrected chi connectivity index (χ1v) is 13.7. The summed E-state index contributed by atoms with van der Waals surface area (Å²) in [6, 6.07) is 13.3. The Bertz CT molecular complexity index is 1520. The van der Waals surface area contributed by atoms with Crippen LogP contribution in [0.3, 0.4) is 0 Å². The molecular formula is C30H32O14. The summed E-state index contributed by atoms with van der Waals surface area (Å²) in [5.74, 6) is -0.760. The smallest absolute Gasteiger partial charge is 0.336 e. The third kappa shape index (κ3) is 7.09. The number of rotatable bonds is 8. The van der Waals surface area contributed by atoms with Gasteiger partial charge in [-0.3, -0.25) is 0 Å². The fourth-order valence-electron chi connectivity index (χ4n) is 4.78. The van der Waals surface area contributed by atoms with E-state index >= 15 is 0 Å². The summed E-state index contributed by atoms with van der Waals surface area (Å²) in [7, 11) is 0. The van der Waals surface area contributed by atoms with E-state index in [2.05, 4.69) is 0 Å². The molecule has 236 valence electrons. The molecule has 2 aromatic carbocycles. The molecule has 0 amide bonds. The van der Waals surface area contributed by atoms with Gasteiger partial charge in [0.1, 0.15) is 53.7 Å². The first-order valence-electron chi connectivity index (χ1n) is 13.7. The van der Waals surface area contributed by atoms with E-state index in [-0.39, 0.29) is 17.1 Å². The average Bonchev–Trinajstić information content (AvgIpc) is 3.00. The van der Waals surface area contributed by atoms with Crippen molar-refractivity contribution in [2.45, 2.75) is 68.3 Å². The second kappa shape index (κ2) is 13.4. The standard InChI is InChI=1S/C30H32O14/c1-14-23(34)25(36)27(38)29(40-14)39-13-20-24(35)26(37)28(44-22(33)10-4-15-2-7-17(31)8-3-15)30(43-20)41-18-9-5-16-6-11-21(32)42-19(16)12-18/h2-12,14,20,23-31,34-38H,13H2,1H3/b10-4+/t14-,20+,23-,24+,25+,26-,27+,28+,29+,30+/m0/s1. The van der Waals surface area contributed by atoms with Crippen LogP contribution in [-0.4, -0.2) is 105 Å². The number of fused-ring (bicyclic) bond motifs is 1. The highest BCUT2D eigenvalue weighted by Gasteiger charge is 2.49. The van der Waals surface area contributed by atoms with Gasteiger partial charge in [-0.15, -0.1) is 0 Å². The second-order valence-corrected chi connectivity index (χ2v) is 10.4. The molecule has 1 aromatic heterocycles. The Balaban J connectivity index is 1.34. The Kier molecular flexibility index (Phi) is 9.62. The van der Waals surface area contributed by atoms with E-state index < -0.39 is 79.6 Å². The van der Waals surface area contributed by atoms with E-state index in [0.29, 0.717) is 10.9 Å². The van der Waals surface area contributed by atoms with Gasteiger partial charge in [-0.25, -0.2) is 9.59 Å². The number of aliphatic hydroxyl groups excluding tert-OH is 5. The number of esters is 1. The number of hydrogen-bond acceptors (Lipinski definition) is 14. The van der Waals surface area contributed by atoms with Crippen molar-refractivity contribution in [2.24, 2.45) is 0 Å². The highest BCUT2D eigenvalue weighted by molar-refractivity contribution is 5.87. The van der Waals surface area contributed by atoms with Crippen LogP contribution in [0.5, 0.6) is 11.5 Å². The van der Waals surface area contributed by atoms with Gasteiger partial charge < -0.3 is 58.7 Å². The topological polar surface area (TPSA) is 215 Å². The molecule has 2 aliphatic rings. The molecule has 3 heterocycles. The molecule has 3 aromatic rings. The summed E-state index contributed by atoms with van der Waals surface area (Å²) in [6.07, 6.45) is -12.2. The largest absolute Gasteiger partial charge is 0.508 e. The Morgan fingerprint density at radius 1 is 0.864 bits per heavy atom. The third-order valence-corrected chi connectivity index (χ3v) is 7.28. The van der Waals surface area contributed by atoms with Gasteiger partial charge in [0.2, 0.25) is 6.29 Å². The van der Waals surface area contributed by atoms with E-state index in [0.717, 1.165) is 6.08 Å². The zero-order valence-corrected chi connectivity index (χ0v) is 23.3. The lowest BCUT2D eigenvalue weighted by molar-refractivity contribution is -0.319. The molecule has 44 heavy (non-hydrogen) atoms. The van der Waals surface area contributed by atoms with Crippen molar-refractivity contribution in [1.29, 1.82) is 0 Å². The van der Waals surface area contributed by atoms with Gasteiger partial charge >= 0.3 is 11.6 Å². The minimum absolute atomic E-state index is 0.0421. The quantitative estimate of drug-likeness (QED) is 0.110. The Morgan fingerprint density at radius 2 is 1.59 bits per heavy atom. The molecule has 0 unspecified atom stereocenters. The van der Waals surface area contributed by atoms with Crippen molar-refractivity contribution in [3.63, 3.8) is 0 Å². The fraction of sp³-hybridized carbons (Fsp3) is 0.400. The van der Waals surface area contributed by atoms with Crippen LogP contribution >= 0.6 is 0 Å². The summed E-state index contributed by atoms with van der Waals surface area (Å²) in [5, 5.41) is 62.2. The number of benzene rings is 2. The van der Waals surface area contributed by atoms with Crippen LogP contribution in [0, 0.1) is 0 Å². The van der Waals surface area contributed by atoms with E-state index in [1.165, 1.54) is 43.3 Å². The van der Waals surface area contributed by atoms with Gasteiger partial charge in [-0.05, 0) is 48.9 Å². The minimum atomic E-state index is -1.75. The fourth-order valence-corrected chi connectivity index (χ4v) is 4.78. The molecule has 0 saturated carbocycles. The maximum atomic E-state index is 12.7. The monoisotopic (exact) mass is 616 g/mol.